The Hall–Kier alpha value is -0.360. The van der Waals surface area contributed by atoms with Gasteiger partial charge in [0, 0.05) is 4.75 Å². The first-order valence-electron chi connectivity index (χ1n) is 4.48. The summed E-state index contributed by atoms with van der Waals surface area (Å²) >= 11 is 4.49. The van der Waals surface area contributed by atoms with Gasteiger partial charge in [0.2, 0.25) is 0 Å². The van der Waals surface area contributed by atoms with Gasteiger partial charge in [-0.1, -0.05) is 20.8 Å². The summed E-state index contributed by atoms with van der Waals surface area (Å²) in [5.41, 5.74) is -0.381. The first kappa shape index (κ1) is 12.6. The molecule has 0 heterocycles. The van der Waals surface area contributed by atoms with E-state index in [0.29, 0.717) is 5.92 Å². The summed E-state index contributed by atoms with van der Waals surface area (Å²) in [6.45, 7) is 10.1. The minimum atomic E-state index is -0.381. The molecule has 0 aromatic rings. The Morgan fingerprint density at radius 1 is 1.38 bits per heavy atom. The van der Waals surface area contributed by atoms with Crippen LogP contribution in [-0.4, -0.2) is 10.3 Å². The van der Waals surface area contributed by atoms with Gasteiger partial charge in [0.15, 0.2) is 0 Å². The van der Waals surface area contributed by atoms with Crippen LogP contribution in [0.1, 0.15) is 41.0 Å². The summed E-state index contributed by atoms with van der Waals surface area (Å²) in [5.74, 6) is 0.402. The molecule has 76 valence electrons. The highest BCUT2D eigenvalue weighted by Gasteiger charge is 2.29. The Kier molecular flexibility index (Phi) is 4.12. The fraction of sp³-hybridized carbons (Fsp3) is 0.900. The molecule has 0 aromatic carbocycles. The Balaban J connectivity index is 4.21. The molecule has 0 bridgehead atoms. The largest absolute Gasteiger partial charge is 0.421 e. The number of ether oxygens (including phenoxy) is 1. The number of hydrogen-bond donors (Lipinski definition) is 1. The van der Waals surface area contributed by atoms with E-state index < -0.39 is 0 Å². The molecule has 0 N–H and O–H groups in total. The summed E-state index contributed by atoms with van der Waals surface area (Å²) < 4.78 is 4.94. The van der Waals surface area contributed by atoms with Crippen molar-refractivity contribution in [3.05, 3.63) is 0 Å². The molecule has 1 unspecified atom stereocenters. The molecule has 0 fully saturated rings. The van der Waals surface area contributed by atoms with Crippen LogP contribution < -0.4 is 0 Å². The number of rotatable bonds is 4. The Morgan fingerprint density at radius 3 is 2.15 bits per heavy atom. The Bertz CT molecular complexity index is 200. The number of thiol groups is 1. The summed E-state index contributed by atoms with van der Waals surface area (Å²) in [7, 11) is 0. The smallest absolute Gasteiger partial charge is 0.286 e. The third kappa shape index (κ3) is 5.05. The molecule has 1 atom stereocenters. The molecular formula is C10H19NOS. The van der Waals surface area contributed by atoms with E-state index in [1.807, 2.05) is 13.8 Å². The van der Waals surface area contributed by atoms with Gasteiger partial charge in [0.1, 0.15) is 5.60 Å². The zero-order valence-corrected chi connectivity index (χ0v) is 9.98. The molecule has 0 aliphatic heterocycles. The van der Waals surface area contributed by atoms with Crippen LogP contribution in [0.4, 0.5) is 0 Å². The maximum atomic E-state index is 8.43. The molecule has 0 spiro atoms. The lowest BCUT2D eigenvalue weighted by Crippen LogP contribution is -2.32. The van der Waals surface area contributed by atoms with Crippen LogP contribution in [0.5, 0.6) is 0 Å². The Labute approximate surface area is 86.7 Å². The zero-order chi connectivity index (χ0) is 10.7. The number of nitrogens with zero attached hydrogens (tertiary/aromatic N) is 1. The summed E-state index contributed by atoms with van der Waals surface area (Å²) in [6, 6.07) is 0. The third-order valence-electron chi connectivity index (χ3n) is 2.33. The summed E-state index contributed by atoms with van der Waals surface area (Å²) in [5, 5.41) is 8.43. The molecule has 0 aliphatic rings. The first-order valence-corrected chi connectivity index (χ1v) is 4.93. The van der Waals surface area contributed by atoms with E-state index >= 15 is 0 Å². The van der Waals surface area contributed by atoms with Crippen molar-refractivity contribution in [3.8, 4) is 6.26 Å². The van der Waals surface area contributed by atoms with Crippen LogP contribution in [-0.2, 0) is 4.74 Å². The van der Waals surface area contributed by atoms with Crippen molar-refractivity contribution in [2.45, 2.75) is 51.4 Å². The molecule has 0 rings (SSSR count). The highest BCUT2D eigenvalue weighted by molar-refractivity contribution is 7.81. The topological polar surface area (TPSA) is 33.0 Å². The second-order valence-corrected chi connectivity index (χ2v) is 5.86. The van der Waals surface area contributed by atoms with Crippen LogP contribution in [0, 0.1) is 17.4 Å². The lowest BCUT2D eigenvalue weighted by Gasteiger charge is -2.32. The van der Waals surface area contributed by atoms with Gasteiger partial charge in [0.05, 0.1) is 0 Å². The van der Waals surface area contributed by atoms with Gasteiger partial charge in [-0.05, 0) is 26.2 Å². The van der Waals surface area contributed by atoms with E-state index in [4.69, 9.17) is 10.00 Å². The van der Waals surface area contributed by atoms with Gasteiger partial charge in [-0.25, -0.2) is 0 Å². The van der Waals surface area contributed by atoms with Crippen LogP contribution in [0.15, 0.2) is 0 Å². The normalized spacial score (nSPS) is 14.8. The van der Waals surface area contributed by atoms with Crippen LogP contribution >= 0.6 is 12.6 Å². The first-order chi connectivity index (χ1) is 5.69. The predicted octanol–water partition coefficient (Wildman–Crippen LogP) is 3.00. The van der Waals surface area contributed by atoms with Crippen molar-refractivity contribution < 1.29 is 4.74 Å². The number of hydrogen-bond acceptors (Lipinski definition) is 3. The van der Waals surface area contributed by atoms with E-state index in [0.717, 1.165) is 6.42 Å². The van der Waals surface area contributed by atoms with Crippen LogP contribution in [0.25, 0.3) is 0 Å². The van der Waals surface area contributed by atoms with E-state index in [-0.39, 0.29) is 10.3 Å². The second-order valence-electron chi connectivity index (χ2n) is 4.71. The van der Waals surface area contributed by atoms with E-state index in [2.05, 4.69) is 33.4 Å². The molecule has 0 saturated carbocycles. The van der Waals surface area contributed by atoms with Crippen LogP contribution in [0.3, 0.4) is 0 Å². The van der Waals surface area contributed by atoms with Gasteiger partial charge in [-0.15, -0.1) is 0 Å². The van der Waals surface area contributed by atoms with Gasteiger partial charge in [-0.2, -0.15) is 17.9 Å². The quantitative estimate of drug-likeness (QED) is 0.560. The molecule has 0 saturated heterocycles. The maximum Gasteiger partial charge on any atom is 0.286 e. The minimum absolute atomic E-state index is 0.0317. The molecule has 0 amide bonds. The zero-order valence-electron chi connectivity index (χ0n) is 9.09. The standard InChI is InChI=1S/C10H19NOS/c1-8(10(4,5)13)6-9(2,3)12-7-11/h8,13H,6H2,1-5H3. The monoisotopic (exact) mass is 201 g/mol. The third-order valence-corrected chi connectivity index (χ3v) is 2.77. The van der Waals surface area contributed by atoms with E-state index in [9.17, 15) is 0 Å². The van der Waals surface area contributed by atoms with Crippen LogP contribution in [0.2, 0.25) is 0 Å². The molecule has 2 nitrogen and oxygen atoms in total. The van der Waals surface area contributed by atoms with Crippen molar-refractivity contribution in [1.82, 2.24) is 0 Å². The highest BCUT2D eigenvalue weighted by Crippen LogP contribution is 2.31. The number of nitriles is 1. The van der Waals surface area contributed by atoms with Crippen molar-refractivity contribution in [1.29, 1.82) is 5.26 Å². The SMILES string of the molecule is CC(CC(C)(C)OC#N)C(C)(C)S. The molecular weight excluding hydrogens is 182 g/mol. The molecule has 0 radical (unpaired) electrons. The fourth-order valence-electron chi connectivity index (χ4n) is 1.15. The van der Waals surface area contributed by atoms with Gasteiger partial charge < -0.3 is 4.74 Å². The summed E-state index contributed by atoms with van der Waals surface area (Å²) in [6.07, 6.45) is 2.57. The van der Waals surface area contributed by atoms with Crippen molar-refractivity contribution in [3.63, 3.8) is 0 Å². The summed E-state index contributed by atoms with van der Waals surface area (Å²) in [4.78, 5) is 0. The molecule has 3 heteroatoms. The Morgan fingerprint density at radius 2 is 1.85 bits per heavy atom. The molecule has 0 aliphatic carbocycles. The lowest BCUT2D eigenvalue weighted by atomic mass is 9.86. The van der Waals surface area contributed by atoms with E-state index in [1.54, 1.807) is 6.26 Å². The predicted molar refractivity (Wildman–Crippen MR) is 57.6 cm³/mol. The van der Waals surface area contributed by atoms with Gasteiger partial charge in [0.25, 0.3) is 6.26 Å². The van der Waals surface area contributed by atoms with Crippen molar-refractivity contribution in [2.24, 2.45) is 5.92 Å². The van der Waals surface area contributed by atoms with Gasteiger partial charge >= 0.3 is 0 Å². The maximum absolute atomic E-state index is 8.43. The second kappa shape index (κ2) is 4.23. The van der Waals surface area contributed by atoms with Crippen molar-refractivity contribution >= 4 is 12.6 Å². The molecule has 13 heavy (non-hydrogen) atoms. The highest BCUT2D eigenvalue weighted by atomic mass is 32.1. The van der Waals surface area contributed by atoms with Gasteiger partial charge in [-0.3, -0.25) is 0 Å². The lowest BCUT2D eigenvalue weighted by molar-refractivity contribution is 0.0447. The fourth-order valence-corrected chi connectivity index (χ4v) is 1.24. The average Bonchev–Trinajstić information content (AvgIpc) is 1.83. The minimum Gasteiger partial charge on any atom is -0.421 e. The van der Waals surface area contributed by atoms with E-state index in [1.165, 1.54) is 0 Å². The molecule has 0 aromatic heterocycles. The average molecular weight is 201 g/mol. The van der Waals surface area contributed by atoms with Crippen molar-refractivity contribution in [2.75, 3.05) is 0 Å².